The summed E-state index contributed by atoms with van der Waals surface area (Å²) in [6.45, 7) is 4.47. The zero-order chi connectivity index (χ0) is 14.5. The van der Waals surface area contributed by atoms with Gasteiger partial charge in [-0.2, -0.15) is 4.98 Å². The fourth-order valence-electron chi connectivity index (χ4n) is 1.69. The molecule has 1 aromatic heterocycles. The minimum absolute atomic E-state index is 0.0311. The van der Waals surface area contributed by atoms with Crippen LogP contribution in [0.25, 0.3) is 0 Å². The number of ether oxygens (including phenoxy) is 1. The molecule has 0 amide bonds. The molecule has 0 aliphatic rings. The second-order valence-corrected chi connectivity index (χ2v) is 5.11. The number of nitrogen functional groups attached to an aromatic ring is 1. The molecule has 0 unspecified atom stereocenters. The van der Waals surface area contributed by atoms with Crippen molar-refractivity contribution >= 4 is 23.1 Å². The first-order chi connectivity index (χ1) is 9.56. The molecule has 3 N–H and O–H groups in total. The molecule has 20 heavy (non-hydrogen) atoms. The van der Waals surface area contributed by atoms with Crippen LogP contribution in [-0.2, 0) is 6.54 Å². The van der Waals surface area contributed by atoms with Crippen LogP contribution < -0.4 is 15.8 Å². The third-order valence-electron chi connectivity index (χ3n) is 2.65. The first-order valence-electron chi connectivity index (χ1n) is 6.46. The lowest BCUT2D eigenvalue weighted by Crippen LogP contribution is -2.10. The van der Waals surface area contributed by atoms with Gasteiger partial charge >= 0.3 is 0 Å². The summed E-state index contributed by atoms with van der Waals surface area (Å²) in [6.07, 6.45) is 0.0311. The number of benzene rings is 1. The molecule has 0 aliphatic heterocycles. The van der Waals surface area contributed by atoms with Crippen molar-refractivity contribution in [3.8, 4) is 5.88 Å². The number of hydrogen-bond acceptors (Lipinski definition) is 4. The number of halogens is 1. The molecule has 4 nitrogen and oxygen atoms in total. The van der Waals surface area contributed by atoms with Crippen LogP contribution in [0, 0.1) is 0 Å². The fraction of sp³-hybridized carbons (Fsp3) is 0.267. The summed E-state index contributed by atoms with van der Waals surface area (Å²) in [5.74, 6) is 1.15. The van der Waals surface area contributed by atoms with Gasteiger partial charge in [-0.3, -0.25) is 0 Å². The van der Waals surface area contributed by atoms with Gasteiger partial charge in [0.05, 0.1) is 11.8 Å². The number of hydrogen-bond donors (Lipinski definition) is 2. The van der Waals surface area contributed by atoms with Crippen molar-refractivity contribution in [3.63, 3.8) is 0 Å². The van der Waals surface area contributed by atoms with Gasteiger partial charge in [0.1, 0.15) is 5.82 Å². The highest BCUT2D eigenvalue weighted by Gasteiger charge is 2.07. The standard InChI is InChI=1S/C15H18ClN3O/c1-10(2)20-15-13(17)7-8-14(19-15)18-9-11-5-3-4-6-12(11)16/h3-8,10H,9,17H2,1-2H3,(H,18,19). The molecule has 1 heterocycles. The van der Waals surface area contributed by atoms with Gasteiger partial charge in [0.2, 0.25) is 5.88 Å². The molecule has 5 heteroatoms. The minimum Gasteiger partial charge on any atom is -0.473 e. The summed E-state index contributed by atoms with van der Waals surface area (Å²) in [4.78, 5) is 4.36. The van der Waals surface area contributed by atoms with E-state index in [2.05, 4.69) is 10.3 Å². The van der Waals surface area contributed by atoms with E-state index in [-0.39, 0.29) is 6.10 Å². The predicted octanol–water partition coefficient (Wildman–Crippen LogP) is 3.72. The molecule has 0 radical (unpaired) electrons. The quantitative estimate of drug-likeness (QED) is 0.881. The van der Waals surface area contributed by atoms with E-state index in [1.54, 1.807) is 6.07 Å². The van der Waals surface area contributed by atoms with E-state index in [0.29, 0.717) is 23.9 Å². The number of pyridine rings is 1. The first kappa shape index (κ1) is 14.5. The molecule has 0 saturated heterocycles. The molecule has 2 aromatic rings. The van der Waals surface area contributed by atoms with E-state index in [9.17, 15) is 0 Å². The van der Waals surface area contributed by atoms with Crippen molar-refractivity contribution in [1.29, 1.82) is 0 Å². The van der Waals surface area contributed by atoms with E-state index < -0.39 is 0 Å². The van der Waals surface area contributed by atoms with Crippen molar-refractivity contribution < 1.29 is 4.74 Å². The van der Waals surface area contributed by atoms with E-state index >= 15 is 0 Å². The minimum atomic E-state index is 0.0311. The Morgan fingerprint density at radius 2 is 2.00 bits per heavy atom. The maximum absolute atomic E-state index is 6.11. The van der Waals surface area contributed by atoms with Crippen molar-refractivity contribution in [2.75, 3.05) is 11.1 Å². The van der Waals surface area contributed by atoms with E-state index in [1.165, 1.54) is 0 Å². The molecule has 0 aliphatic carbocycles. The molecule has 0 spiro atoms. The Kier molecular flexibility index (Phi) is 4.69. The number of nitrogens with one attached hydrogen (secondary N) is 1. The van der Waals surface area contributed by atoms with Gasteiger partial charge in [0.25, 0.3) is 0 Å². The zero-order valence-corrected chi connectivity index (χ0v) is 12.3. The summed E-state index contributed by atoms with van der Waals surface area (Å²) in [5, 5.41) is 3.94. The average Bonchev–Trinajstić information content (AvgIpc) is 2.40. The molecule has 0 atom stereocenters. The van der Waals surface area contributed by atoms with Crippen LogP contribution in [-0.4, -0.2) is 11.1 Å². The molecule has 1 aromatic carbocycles. The van der Waals surface area contributed by atoms with Crippen molar-refractivity contribution in [2.45, 2.75) is 26.5 Å². The summed E-state index contributed by atoms with van der Waals surface area (Å²) in [7, 11) is 0. The zero-order valence-electron chi connectivity index (χ0n) is 11.6. The van der Waals surface area contributed by atoms with Crippen molar-refractivity contribution in [3.05, 3.63) is 47.0 Å². The van der Waals surface area contributed by atoms with Crippen LogP contribution >= 0.6 is 11.6 Å². The molecule has 0 fully saturated rings. The van der Waals surface area contributed by atoms with Gasteiger partial charge in [0, 0.05) is 11.6 Å². The van der Waals surface area contributed by atoms with Gasteiger partial charge in [-0.05, 0) is 37.6 Å². The van der Waals surface area contributed by atoms with Crippen molar-refractivity contribution in [2.24, 2.45) is 0 Å². The van der Waals surface area contributed by atoms with Gasteiger partial charge in [-0.1, -0.05) is 29.8 Å². The van der Waals surface area contributed by atoms with Crippen molar-refractivity contribution in [1.82, 2.24) is 4.98 Å². The summed E-state index contributed by atoms with van der Waals surface area (Å²) >= 11 is 6.11. The van der Waals surface area contributed by atoms with Crippen LogP contribution in [0.15, 0.2) is 36.4 Å². The Morgan fingerprint density at radius 1 is 1.25 bits per heavy atom. The lowest BCUT2D eigenvalue weighted by molar-refractivity contribution is 0.234. The fourth-order valence-corrected chi connectivity index (χ4v) is 1.90. The Labute approximate surface area is 123 Å². The molecular formula is C15H18ClN3O. The summed E-state index contributed by atoms with van der Waals surface area (Å²) < 4.78 is 5.56. The maximum atomic E-state index is 6.11. The number of rotatable bonds is 5. The van der Waals surface area contributed by atoms with E-state index in [0.717, 1.165) is 10.6 Å². The van der Waals surface area contributed by atoms with Crippen LogP contribution in [0.1, 0.15) is 19.4 Å². The third kappa shape index (κ3) is 3.78. The van der Waals surface area contributed by atoms with Crippen LogP contribution in [0.3, 0.4) is 0 Å². The number of aromatic nitrogens is 1. The SMILES string of the molecule is CC(C)Oc1nc(NCc2ccccc2Cl)ccc1N. The van der Waals surface area contributed by atoms with E-state index in [1.807, 2.05) is 44.2 Å². The monoisotopic (exact) mass is 291 g/mol. The van der Waals surface area contributed by atoms with Crippen LogP contribution in [0.2, 0.25) is 5.02 Å². The topological polar surface area (TPSA) is 60.2 Å². The average molecular weight is 292 g/mol. The number of anilines is 2. The molecule has 2 rings (SSSR count). The number of nitrogens with two attached hydrogens (primary N) is 1. The molecule has 0 saturated carbocycles. The number of nitrogens with zero attached hydrogens (tertiary/aromatic N) is 1. The van der Waals surface area contributed by atoms with Gasteiger partial charge in [-0.15, -0.1) is 0 Å². The van der Waals surface area contributed by atoms with Gasteiger partial charge in [-0.25, -0.2) is 0 Å². The van der Waals surface area contributed by atoms with Gasteiger partial charge in [0.15, 0.2) is 0 Å². The molecule has 0 bridgehead atoms. The lowest BCUT2D eigenvalue weighted by Gasteiger charge is -2.13. The highest BCUT2D eigenvalue weighted by atomic mass is 35.5. The van der Waals surface area contributed by atoms with Crippen LogP contribution in [0.5, 0.6) is 5.88 Å². The van der Waals surface area contributed by atoms with Gasteiger partial charge < -0.3 is 15.8 Å². The second kappa shape index (κ2) is 6.48. The Morgan fingerprint density at radius 3 is 2.70 bits per heavy atom. The maximum Gasteiger partial charge on any atom is 0.239 e. The molecular weight excluding hydrogens is 274 g/mol. The summed E-state index contributed by atoms with van der Waals surface area (Å²) in [6, 6.07) is 11.3. The predicted molar refractivity (Wildman–Crippen MR) is 83.2 cm³/mol. The summed E-state index contributed by atoms with van der Waals surface area (Å²) in [5.41, 5.74) is 7.38. The molecule has 106 valence electrons. The second-order valence-electron chi connectivity index (χ2n) is 4.70. The Balaban J connectivity index is 2.08. The third-order valence-corrected chi connectivity index (χ3v) is 3.02. The largest absolute Gasteiger partial charge is 0.473 e. The Bertz CT molecular complexity index is 587. The Hall–Kier alpha value is -1.94. The highest BCUT2D eigenvalue weighted by Crippen LogP contribution is 2.23. The first-order valence-corrected chi connectivity index (χ1v) is 6.84. The smallest absolute Gasteiger partial charge is 0.239 e. The highest BCUT2D eigenvalue weighted by molar-refractivity contribution is 6.31. The van der Waals surface area contributed by atoms with E-state index in [4.69, 9.17) is 22.1 Å². The normalized spacial score (nSPS) is 10.6. The lowest BCUT2D eigenvalue weighted by atomic mass is 10.2. The van der Waals surface area contributed by atoms with Crippen LogP contribution in [0.4, 0.5) is 11.5 Å².